The predicted molar refractivity (Wildman–Crippen MR) is 112 cm³/mol. The standard InChI is InChI=1S/C20H19N5O4S/c1-12-3-5-14(6-4-12)17-11-22-19(21)18(24-17)20(27)23-15-7-9-16(10-8-15)30(28,29)25-13(2)26/h3-11H,1-2H3,(H2,21,22)(H,23,27)(H,25,26). The van der Waals surface area contributed by atoms with Gasteiger partial charge in [-0.2, -0.15) is 0 Å². The van der Waals surface area contributed by atoms with Crippen LogP contribution >= 0.6 is 0 Å². The lowest BCUT2D eigenvalue weighted by Crippen LogP contribution is -2.28. The zero-order valence-corrected chi connectivity index (χ0v) is 17.0. The van der Waals surface area contributed by atoms with Gasteiger partial charge in [-0.1, -0.05) is 29.8 Å². The highest BCUT2D eigenvalue weighted by Gasteiger charge is 2.17. The van der Waals surface area contributed by atoms with Crippen molar-refractivity contribution in [3.8, 4) is 11.3 Å². The van der Waals surface area contributed by atoms with Crippen LogP contribution in [-0.4, -0.2) is 30.2 Å². The zero-order chi connectivity index (χ0) is 21.9. The highest BCUT2D eigenvalue weighted by atomic mass is 32.2. The molecule has 2 amide bonds. The summed E-state index contributed by atoms with van der Waals surface area (Å²) >= 11 is 0. The fourth-order valence-corrected chi connectivity index (χ4v) is 3.58. The molecule has 3 aromatic rings. The molecule has 0 fully saturated rings. The lowest BCUT2D eigenvalue weighted by atomic mass is 10.1. The highest BCUT2D eigenvalue weighted by Crippen LogP contribution is 2.20. The molecule has 30 heavy (non-hydrogen) atoms. The van der Waals surface area contributed by atoms with Crippen molar-refractivity contribution in [1.82, 2.24) is 14.7 Å². The molecule has 0 saturated heterocycles. The van der Waals surface area contributed by atoms with Crippen LogP contribution in [0.1, 0.15) is 23.0 Å². The third kappa shape index (κ3) is 4.78. The molecule has 0 radical (unpaired) electrons. The minimum atomic E-state index is -3.96. The van der Waals surface area contributed by atoms with E-state index in [1.54, 1.807) is 0 Å². The Morgan fingerprint density at radius 1 is 1.00 bits per heavy atom. The third-order valence-electron chi connectivity index (χ3n) is 4.06. The molecule has 0 bridgehead atoms. The van der Waals surface area contributed by atoms with Gasteiger partial charge in [0.05, 0.1) is 16.8 Å². The molecule has 2 aromatic carbocycles. The molecule has 0 aliphatic heterocycles. The van der Waals surface area contributed by atoms with Gasteiger partial charge in [0, 0.05) is 18.2 Å². The smallest absolute Gasteiger partial charge is 0.278 e. The summed E-state index contributed by atoms with van der Waals surface area (Å²) in [6.07, 6.45) is 1.48. The van der Waals surface area contributed by atoms with E-state index in [9.17, 15) is 18.0 Å². The van der Waals surface area contributed by atoms with E-state index in [-0.39, 0.29) is 16.4 Å². The average molecular weight is 425 g/mol. The SMILES string of the molecule is CC(=O)NS(=O)(=O)c1ccc(NC(=O)c2nc(-c3ccc(C)cc3)cnc2N)cc1. The minimum absolute atomic E-state index is 0.0341. The second-order valence-corrected chi connectivity index (χ2v) is 8.18. The van der Waals surface area contributed by atoms with Gasteiger partial charge in [0.1, 0.15) is 0 Å². The van der Waals surface area contributed by atoms with Crippen LogP contribution in [0, 0.1) is 6.92 Å². The van der Waals surface area contributed by atoms with Crippen molar-refractivity contribution in [2.45, 2.75) is 18.7 Å². The van der Waals surface area contributed by atoms with Crippen molar-refractivity contribution in [3.05, 3.63) is 66.0 Å². The van der Waals surface area contributed by atoms with Gasteiger partial charge in [-0.05, 0) is 31.2 Å². The molecular weight excluding hydrogens is 406 g/mol. The number of sulfonamides is 1. The molecule has 0 aliphatic rings. The summed E-state index contributed by atoms with van der Waals surface area (Å²) in [7, 11) is -3.96. The van der Waals surface area contributed by atoms with E-state index < -0.39 is 21.8 Å². The Kier molecular flexibility index (Phi) is 5.79. The molecule has 154 valence electrons. The van der Waals surface area contributed by atoms with Gasteiger partial charge < -0.3 is 11.1 Å². The first-order valence-corrected chi connectivity index (χ1v) is 10.3. The number of nitrogens with zero attached hydrogens (tertiary/aromatic N) is 2. The third-order valence-corrected chi connectivity index (χ3v) is 5.51. The van der Waals surface area contributed by atoms with Gasteiger partial charge >= 0.3 is 0 Å². The van der Waals surface area contributed by atoms with Gasteiger partial charge in [0.2, 0.25) is 5.91 Å². The number of carbonyl (C=O) groups is 2. The summed E-state index contributed by atoms with van der Waals surface area (Å²) in [6, 6.07) is 12.9. The average Bonchev–Trinajstić information content (AvgIpc) is 2.68. The summed E-state index contributed by atoms with van der Waals surface area (Å²) in [5.74, 6) is -1.32. The molecule has 0 spiro atoms. The van der Waals surface area contributed by atoms with Crippen LogP contribution in [0.2, 0.25) is 0 Å². The second kappa shape index (κ2) is 8.29. The summed E-state index contributed by atoms with van der Waals surface area (Å²) in [4.78, 5) is 31.9. The predicted octanol–water partition coefficient (Wildman–Crippen LogP) is 2.11. The van der Waals surface area contributed by atoms with Crippen molar-refractivity contribution in [1.29, 1.82) is 0 Å². The molecule has 9 nitrogen and oxygen atoms in total. The largest absolute Gasteiger partial charge is 0.382 e. The monoisotopic (exact) mass is 425 g/mol. The molecule has 0 saturated carbocycles. The molecule has 0 unspecified atom stereocenters. The van der Waals surface area contributed by atoms with Crippen LogP contribution in [0.3, 0.4) is 0 Å². The van der Waals surface area contributed by atoms with Crippen LogP contribution in [0.15, 0.2) is 59.6 Å². The molecule has 1 heterocycles. The summed E-state index contributed by atoms with van der Waals surface area (Å²) in [5.41, 5.74) is 8.46. The fourth-order valence-electron chi connectivity index (χ4n) is 2.58. The van der Waals surface area contributed by atoms with Crippen LogP contribution in [0.5, 0.6) is 0 Å². The minimum Gasteiger partial charge on any atom is -0.382 e. The molecule has 3 rings (SSSR count). The van der Waals surface area contributed by atoms with Crippen molar-refractivity contribution >= 4 is 33.3 Å². The van der Waals surface area contributed by atoms with Crippen molar-refractivity contribution in [2.24, 2.45) is 0 Å². The maximum Gasteiger partial charge on any atom is 0.278 e. The Balaban J connectivity index is 1.81. The first-order chi connectivity index (χ1) is 14.2. The number of nitrogens with two attached hydrogens (primary N) is 1. The second-order valence-electron chi connectivity index (χ2n) is 6.50. The Morgan fingerprint density at radius 3 is 2.23 bits per heavy atom. The topological polar surface area (TPSA) is 144 Å². The number of carbonyl (C=O) groups excluding carboxylic acids is 2. The van der Waals surface area contributed by atoms with Gasteiger partial charge in [0.15, 0.2) is 11.5 Å². The summed E-state index contributed by atoms with van der Waals surface area (Å²) in [6.45, 7) is 3.06. The van der Waals surface area contributed by atoms with Crippen molar-refractivity contribution in [3.63, 3.8) is 0 Å². The molecule has 0 atom stereocenters. The number of hydrogen-bond donors (Lipinski definition) is 3. The van der Waals surface area contributed by atoms with E-state index in [1.165, 1.54) is 30.5 Å². The number of rotatable bonds is 5. The Labute approximate surface area is 173 Å². The van der Waals surface area contributed by atoms with Crippen LogP contribution < -0.4 is 15.8 Å². The molecule has 4 N–H and O–H groups in total. The number of nitrogen functional groups attached to an aromatic ring is 1. The van der Waals surface area contributed by atoms with Crippen LogP contribution in [0.25, 0.3) is 11.3 Å². The van der Waals surface area contributed by atoms with Crippen LogP contribution in [-0.2, 0) is 14.8 Å². The Hall–Kier alpha value is -3.79. The first-order valence-electron chi connectivity index (χ1n) is 8.80. The van der Waals surface area contributed by atoms with E-state index in [0.29, 0.717) is 11.4 Å². The molecule has 0 aliphatic carbocycles. The quantitative estimate of drug-likeness (QED) is 0.568. The van der Waals surface area contributed by atoms with Crippen molar-refractivity contribution in [2.75, 3.05) is 11.1 Å². The van der Waals surface area contributed by atoms with Gasteiger partial charge in [-0.25, -0.2) is 23.1 Å². The summed E-state index contributed by atoms with van der Waals surface area (Å²) in [5, 5.41) is 2.60. The lowest BCUT2D eigenvalue weighted by Gasteiger charge is -2.09. The highest BCUT2D eigenvalue weighted by molar-refractivity contribution is 7.90. The van der Waals surface area contributed by atoms with Crippen LogP contribution in [0.4, 0.5) is 11.5 Å². The number of nitrogens with one attached hydrogen (secondary N) is 2. The van der Waals surface area contributed by atoms with E-state index in [0.717, 1.165) is 18.1 Å². The van der Waals surface area contributed by atoms with E-state index in [2.05, 4.69) is 15.3 Å². The fraction of sp³-hybridized carbons (Fsp3) is 0.100. The first kappa shape index (κ1) is 20.9. The van der Waals surface area contributed by atoms with Crippen molar-refractivity contribution < 1.29 is 18.0 Å². The van der Waals surface area contributed by atoms with Gasteiger partial charge in [-0.3, -0.25) is 9.59 Å². The number of aryl methyl sites for hydroxylation is 1. The Bertz CT molecular complexity index is 1210. The van der Waals surface area contributed by atoms with Gasteiger partial charge in [0.25, 0.3) is 15.9 Å². The normalized spacial score (nSPS) is 11.0. The van der Waals surface area contributed by atoms with E-state index in [1.807, 2.05) is 35.9 Å². The number of anilines is 2. The number of aromatic nitrogens is 2. The molecule has 10 heteroatoms. The number of hydrogen-bond acceptors (Lipinski definition) is 7. The Morgan fingerprint density at radius 2 is 1.63 bits per heavy atom. The van der Waals surface area contributed by atoms with E-state index >= 15 is 0 Å². The maximum atomic E-state index is 12.6. The maximum absolute atomic E-state index is 12.6. The number of benzene rings is 2. The van der Waals surface area contributed by atoms with E-state index in [4.69, 9.17) is 5.73 Å². The summed E-state index contributed by atoms with van der Waals surface area (Å²) < 4.78 is 25.8. The van der Waals surface area contributed by atoms with Gasteiger partial charge in [-0.15, -0.1) is 0 Å². The lowest BCUT2D eigenvalue weighted by molar-refractivity contribution is -0.117. The molecular formula is C20H19N5O4S. The number of amides is 2. The molecule has 1 aromatic heterocycles. The zero-order valence-electron chi connectivity index (χ0n) is 16.2.